The van der Waals surface area contributed by atoms with E-state index in [-0.39, 0.29) is 6.03 Å². The van der Waals surface area contributed by atoms with Gasteiger partial charge in [-0.1, -0.05) is 18.2 Å². The van der Waals surface area contributed by atoms with Gasteiger partial charge in [0.1, 0.15) is 5.84 Å². The number of urea groups is 1. The van der Waals surface area contributed by atoms with E-state index in [0.717, 1.165) is 11.3 Å². The van der Waals surface area contributed by atoms with Gasteiger partial charge in [0.05, 0.1) is 18.8 Å². The molecule has 5 nitrogen and oxygen atoms in total. The molecular weight excluding hydrogens is 240 g/mol. The molecule has 0 unspecified atom stereocenters. The molecular formula is C14H20N4O. The zero-order valence-corrected chi connectivity index (χ0v) is 11.5. The van der Waals surface area contributed by atoms with Gasteiger partial charge in [0.15, 0.2) is 0 Å². The highest BCUT2D eigenvalue weighted by Crippen LogP contribution is 2.23. The molecule has 1 heterocycles. The lowest BCUT2D eigenvalue weighted by Gasteiger charge is -2.28. The average molecular weight is 260 g/mol. The number of carbonyl (C=O) groups is 1. The van der Waals surface area contributed by atoms with E-state index in [1.807, 2.05) is 38.1 Å². The van der Waals surface area contributed by atoms with E-state index in [2.05, 4.69) is 4.99 Å². The Morgan fingerprint density at radius 3 is 2.68 bits per heavy atom. The molecule has 0 saturated carbocycles. The summed E-state index contributed by atoms with van der Waals surface area (Å²) in [5, 5.41) is 0. The molecule has 1 aromatic rings. The van der Waals surface area contributed by atoms with Gasteiger partial charge in [-0.3, -0.25) is 0 Å². The normalized spacial score (nSPS) is 14.4. The van der Waals surface area contributed by atoms with E-state index in [0.29, 0.717) is 32.0 Å². The Kier molecular flexibility index (Phi) is 4.04. The summed E-state index contributed by atoms with van der Waals surface area (Å²) >= 11 is 0. The van der Waals surface area contributed by atoms with Crippen molar-refractivity contribution in [2.45, 2.75) is 20.4 Å². The fraction of sp³-hybridized carbons (Fsp3) is 0.429. The summed E-state index contributed by atoms with van der Waals surface area (Å²) in [6.45, 7) is 6.28. The molecule has 2 N–H and O–H groups in total. The summed E-state index contributed by atoms with van der Waals surface area (Å²) in [6, 6.07) is 7.81. The number of hydrogen-bond acceptors (Lipinski definition) is 3. The van der Waals surface area contributed by atoms with Gasteiger partial charge in [0.2, 0.25) is 0 Å². The molecule has 19 heavy (non-hydrogen) atoms. The Hall–Kier alpha value is -2.04. The van der Waals surface area contributed by atoms with E-state index in [9.17, 15) is 4.79 Å². The van der Waals surface area contributed by atoms with Crippen LogP contribution in [-0.2, 0) is 6.54 Å². The van der Waals surface area contributed by atoms with Crippen molar-refractivity contribution in [1.82, 2.24) is 9.80 Å². The van der Waals surface area contributed by atoms with Crippen LogP contribution in [0.1, 0.15) is 19.4 Å². The van der Waals surface area contributed by atoms with Crippen LogP contribution >= 0.6 is 0 Å². The second-order valence-corrected chi connectivity index (χ2v) is 4.54. The number of amides is 2. The molecule has 0 aromatic heterocycles. The summed E-state index contributed by atoms with van der Waals surface area (Å²) in [5.41, 5.74) is 7.79. The van der Waals surface area contributed by atoms with Crippen LogP contribution in [0.15, 0.2) is 29.3 Å². The Bertz CT molecular complexity index is 494. The number of para-hydroxylation sites is 1. The third kappa shape index (κ3) is 2.86. The van der Waals surface area contributed by atoms with Crippen molar-refractivity contribution in [3.8, 4) is 0 Å². The van der Waals surface area contributed by atoms with Crippen LogP contribution in [0.4, 0.5) is 10.5 Å². The van der Waals surface area contributed by atoms with Gasteiger partial charge in [-0.25, -0.2) is 9.79 Å². The van der Waals surface area contributed by atoms with E-state index < -0.39 is 0 Å². The second-order valence-electron chi connectivity index (χ2n) is 4.54. The highest BCUT2D eigenvalue weighted by molar-refractivity contribution is 5.89. The highest BCUT2D eigenvalue weighted by atomic mass is 16.2. The zero-order valence-electron chi connectivity index (χ0n) is 11.5. The van der Waals surface area contributed by atoms with Crippen LogP contribution < -0.4 is 5.73 Å². The number of benzene rings is 1. The quantitative estimate of drug-likeness (QED) is 0.883. The van der Waals surface area contributed by atoms with Crippen LogP contribution in [0.2, 0.25) is 0 Å². The molecule has 0 spiro atoms. The first-order valence-corrected chi connectivity index (χ1v) is 6.60. The third-order valence-electron chi connectivity index (χ3n) is 3.27. The van der Waals surface area contributed by atoms with E-state index in [1.54, 1.807) is 9.80 Å². The topological polar surface area (TPSA) is 61.9 Å². The van der Waals surface area contributed by atoms with Gasteiger partial charge in [-0.05, 0) is 25.5 Å². The van der Waals surface area contributed by atoms with Crippen LogP contribution in [0, 0.1) is 0 Å². The number of amidine groups is 1. The maximum atomic E-state index is 12.4. The molecule has 1 aliphatic heterocycles. The third-order valence-corrected chi connectivity index (χ3v) is 3.27. The van der Waals surface area contributed by atoms with Gasteiger partial charge in [-0.15, -0.1) is 0 Å². The Labute approximate surface area is 113 Å². The minimum absolute atomic E-state index is 0.0138. The number of rotatable bonds is 2. The maximum absolute atomic E-state index is 12.4. The fourth-order valence-electron chi connectivity index (χ4n) is 2.23. The first kappa shape index (κ1) is 13.4. The molecule has 0 atom stereocenters. The number of nitrogens with two attached hydrogens (primary N) is 1. The van der Waals surface area contributed by atoms with Crippen molar-refractivity contribution in [3.63, 3.8) is 0 Å². The van der Waals surface area contributed by atoms with Crippen molar-refractivity contribution >= 4 is 17.6 Å². The van der Waals surface area contributed by atoms with Gasteiger partial charge in [0.25, 0.3) is 0 Å². The van der Waals surface area contributed by atoms with Crippen molar-refractivity contribution in [3.05, 3.63) is 29.8 Å². The summed E-state index contributed by atoms with van der Waals surface area (Å²) in [6.07, 6.45) is 0. The van der Waals surface area contributed by atoms with Crippen molar-refractivity contribution in [1.29, 1.82) is 0 Å². The van der Waals surface area contributed by atoms with Crippen molar-refractivity contribution < 1.29 is 4.79 Å². The standard InChI is InChI=1S/C14H20N4O/c1-3-17(4-2)14(19)18-9-11-7-5-6-8-12(11)16-13(15)10-18/h5-8H,3-4,9-10H2,1-2H3,(H2,15,16). The monoisotopic (exact) mass is 260 g/mol. The van der Waals surface area contributed by atoms with Crippen LogP contribution in [0.5, 0.6) is 0 Å². The van der Waals surface area contributed by atoms with E-state index in [4.69, 9.17) is 5.73 Å². The Balaban J connectivity index is 2.26. The Morgan fingerprint density at radius 1 is 1.32 bits per heavy atom. The minimum Gasteiger partial charge on any atom is -0.386 e. The van der Waals surface area contributed by atoms with Gasteiger partial charge in [0, 0.05) is 13.1 Å². The maximum Gasteiger partial charge on any atom is 0.320 e. The molecule has 2 amide bonds. The lowest BCUT2D eigenvalue weighted by molar-refractivity contribution is 0.162. The van der Waals surface area contributed by atoms with Crippen LogP contribution in [0.3, 0.4) is 0 Å². The highest BCUT2D eigenvalue weighted by Gasteiger charge is 2.22. The molecule has 102 valence electrons. The first-order valence-electron chi connectivity index (χ1n) is 6.60. The molecule has 0 bridgehead atoms. The summed E-state index contributed by atoms with van der Waals surface area (Å²) < 4.78 is 0. The molecule has 1 aromatic carbocycles. The lowest BCUT2D eigenvalue weighted by Crippen LogP contribution is -2.45. The zero-order chi connectivity index (χ0) is 13.8. The van der Waals surface area contributed by atoms with E-state index >= 15 is 0 Å². The lowest BCUT2D eigenvalue weighted by atomic mass is 10.2. The predicted molar refractivity (Wildman–Crippen MR) is 76.5 cm³/mol. The van der Waals surface area contributed by atoms with Crippen molar-refractivity contribution in [2.24, 2.45) is 10.7 Å². The molecule has 5 heteroatoms. The summed E-state index contributed by atoms with van der Waals surface area (Å²) in [5.74, 6) is 0.477. The summed E-state index contributed by atoms with van der Waals surface area (Å²) in [7, 11) is 0. The number of hydrogen-bond donors (Lipinski definition) is 1. The molecule has 0 fully saturated rings. The van der Waals surface area contributed by atoms with Crippen LogP contribution in [-0.4, -0.2) is 41.3 Å². The van der Waals surface area contributed by atoms with E-state index in [1.165, 1.54) is 0 Å². The SMILES string of the molecule is CCN(CC)C(=O)N1CC(N)=Nc2ccccc2C1. The molecule has 1 aliphatic rings. The number of carbonyl (C=O) groups excluding carboxylic acids is 1. The van der Waals surface area contributed by atoms with Crippen LogP contribution in [0.25, 0.3) is 0 Å². The largest absolute Gasteiger partial charge is 0.386 e. The first-order chi connectivity index (χ1) is 9.15. The predicted octanol–water partition coefficient (Wildman–Crippen LogP) is 1.95. The second kappa shape index (κ2) is 5.73. The van der Waals surface area contributed by atoms with Gasteiger partial charge < -0.3 is 15.5 Å². The Morgan fingerprint density at radius 2 is 2.00 bits per heavy atom. The molecule has 2 rings (SSSR count). The molecule has 0 radical (unpaired) electrons. The fourth-order valence-corrected chi connectivity index (χ4v) is 2.23. The van der Waals surface area contributed by atoms with Gasteiger partial charge in [-0.2, -0.15) is 0 Å². The smallest absolute Gasteiger partial charge is 0.320 e. The number of nitrogens with zero attached hydrogens (tertiary/aromatic N) is 3. The van der Waals surface area contributed by atoms with Gasteiger partial charge >= 0.3 is 6.03 Å². The molecule has 0 saturated heterocycles. The molecule has 0 aliphatic carbocycles. The average Bonchev–Trinajstić information content (AvgIpc) is 2.57. The summed E-state index contributed by atoms with van der Waals surface area (Å²) in [4.78, 5) is 20.3. The minimum atomic E-state index is 0.0138. The number of fused-ring (bicyclic) bond motifs is 1. The van der Waals surface area contributed by atoms with Crippen molar-refractivity contribution in [2.75, 3.05) is 19.6 Å². The number of aliphatic imine (C=N–C) groups is 1.